The van der Waals surface area contributed by atoms with Gasteiger partial charge in [0.25, 0.3) is 10.2 Å². The molecule has 0 amide bonds. The van der Waals surface area contributed by atoms with Crippen LogP contribution >= 0.6 is 0 Å². The van der Waals surface area contributed by atoms with Crippen LogP contribution in [0.2, 0.25) is 0 Å². The molecule has 0 aromatic heterocycles. The molecular weight excluding hydrogens is 300 g/mol. The fraction of sp³-hybridized carbons (Fsp3) is 0.625. The lowest BCUT2D eigenvalue weighted by Gasteiger charge is -2.20. The fourth-order valence-electron chi connectivity index (χ4n) is 2.67. The molecule has 1 N–H and O–H groups in total. The van der Waals surface area contributed by atoms with Gasteiger partial charge < -0.3 is 4.74 Å². The van der Waals surface area contributed by atoms with Crippen LogP contribution in [0.25, 0.3) is 0 Å². The van der Waals surface area contributed by atoms with Crippen molar-refractivity contribution in [1.29, 1.82) is 0 Å². The molecular formula is C16H26N2O3S. The van der Waals surface area contributed by atoms with Crippen molar-refractivity contribution in [1.82, 2.24) is 9.03 Å². The summed E-state index contributed by atoms with van der Waals surface area (Å²) in [6.45, 7) is 5.87. The van der Waals surface area contributed by atoms with E-state index >= 15 is 0 Å². The highest BCUT2D eigenvalue weighted by atomic mass is 32.2. The lowest BCUT2D eigenvalue weighted by atomic mass is 10.1. The Labute approximate surface area is 133 Å². The van der Waals surface area contributed by atoms with Crippen LogP contribution in [0.5, 0.6) is 5.75 Å². The minimum Gasteiger partial charge on any atom is -0.492 e. The van der Waals surface area contributed by atoms with Crippen molar-refractivity contribution in [2.24, 2.45) is 0 Å². The van der Waals surface area contributed by atoms with E-state index in [1.54, 1.807) is 4.31 Å². The molecule has 0 unspecified atom stereocenters. The van der Waals surface area contributed by atoms with E-state index < -0.39 is 10.2 Å². The van der Waals surface area contributed by atoms with Gasteiger partial charge in [-0.15, -0.1) is 0 Å². The van der Waals surface area contributed by atoms with Crippen LogP contribution in [0.3, 0.4) is 0 Å². The summed E-state index contributed by atoms with van der Waals surface area (Å²) in [5, 5.41) is 0. The third kappa shape index (κ3) is 4.97. The Morgan fingerprint density at radius 2 is 1.82 bits per heavy atom. The Bertz CT molecular complexity index is 579. The van der Waals surface area contributed by atoms with Crippen LogP contribution in [-0.4, -0.2) is 39.0 Å². The quantitative estimate of drug-likeness (QED) is 0.817. The molecule has 1 aromatic rings. The van der Waals surface area contributed by atoms with E-state index in [9.17, 15) is 8.42 Å². The predicted octanol–water partition coefficient (Wildman–Crippen LogP) is 2.39. The summed E-state index contributed by atoms with van der Waals surface area (Å²) in [6, 6.07) is 5.97. The molecule has 1 heterocycles. The van der Waals surface area contributed by atoms with Crippen LogP contribution in [0.15, 0.2) is 18.2 Å². The molecule has 124 valence electrons. The van der Waals surface area contributed by atoms with Crippen LogP contribution in [-0.2, 0) is 10.2 Å². The largest absolute Gasteiger partial charge is 0.492 e. The van der Waals surface area contributed by atoms with Gasteiger partial charge >= 0.3 is 0 Å². The highest BCUT2D eigenvalue weighted by Crippen LogP contribution is 2.18. The summed E-state index contributed by atoms with van der Waals surface area (Å²) in [4.78, 5) is 0. The van der Waals surface area contributed by atoms with Gasteiger partial charge in [-0.2, -0.15) is 17.4 Å². The standard InChI is InChI=1S/C16H26N2O3S/c1-14-7-8-16(15(2)13-14)21-12-9-17-22(19,20)18-10-5-3-4-6-11-18/h7-8,13,17H,3-6,9-12H2,1-2H3. The first-order valence-corrected chi connectivity index (χ1v) is 9.38. The first-order valence-electron chi connectivity index (χ1n) is 7.94. The highest BCUT2D eigenvalue weighted by molar-refractivity contribution is 7.87. The van der Waals surface area contributed by atoms with Gasteiger partial charge in [-0.3, -0.25) is 0 Å². The maximum atomic E-state index is 12.2. The average Bonchev–Trinajstić information content (AvgIpc) is 2.75. The smallest absolute Gasteiger partial charge is 0.279 e. The molecule has 0 aliphatic carbocycles. The molecule has 0 atom stereocenters. The summed E-state index contributed by atoms with van der Waals surface area (Å²) in [5.41, 5.74) is 2.25. The first kappa shape index (κ1) is 17.2. The van der Waals surface area contributed by atoms with E-state index in [0.29, 0.717) is 19.7 Å². The van der Waals surface area contributed by atoms with Gasteiger partial charge in [0.05, 0.1) is 0 Å². The van der Waals surface area contributed by atoms with Gasteiger partial charge in [-0.25, -0.2) is 0 Å². The normalized spacial score (nSPS) is 17.2. The van der Waals surface area contributed by atoms with Crippen molar-refractivity contribution >= 4 is 10.2 Å². The Kier molecular flexibility index (Phi) is 6.23. The lowest BCUT2D eigenvalue weighted by molar-refractivity contribution is 0.317. The number of ether oxygens (including phenoxy) is 1. The molecule has 1 aliphatic rings. The van der Waals surface area contributed by atoms with E-state index in [2.05, 4.69) is 10.8 Å². The number of aryl methyl sites for hydroxylation is 2. The van der Waals surface area contributed by atoms with Gasteiger partial charge in [0, 0.05) is 19.6 Å². The molecule has 1 saturated heterocycles. The Balaban J connectivity index is 1.79. The number of nitrogens with one attached hydrogen (secondary N) is 1. The molecule has 0 radical (unpaired) electrons. The second-order valence-electron chi connectivity index (χ2n) is 5.83. The van der Waals surface area contributed by atoms with E-state index in [1.165, 1.54) is 5.56 Å². The second kappa shape index (κ2) is 7.94. The Hall–Kier alpha value is -1.11. The summed E-state index contributed by atoms with van der Waals surface area (Å²) in [5.74, 6) is 0.805. The second-order valence-corrected chi connectivity index (χ2v) is 7.59. The van der Waals surface area contributed by atoms with E-state index in [4.69, 9.17) is 4.74 Å². The topological polar surface area (TPSA) is 58.6 Å². The van der Waals surface area contributed by atoms with Crippen molar-refractivity contribution in [3.63, 3.8) is 0 Å². The fourth-order valence-corrected chi connectivity index (χ4v) is 3.93. The molecule has 1 aromatic carbocycles. The van der Waals surface area contributed by atoms with Gasteiger partial charge in [0.1, 0.15) is 12.4 Å². The molecule has 22 heavy (non-hydrogen) atoms. The lowest BCUT2D eigenvalue weighted by Crippen LogP contribution is -2.42. The molecule has 2 rings (SSSR count). The SMILES string of the molecule is Cc1ccc(OCCNS(=O)(=O)N2CCCCCC2)c(C)c1. The summed E-state index contributed by atoms with van der Waals surface area (Å²) in [6.07, 6.45) is 4.11. The molecule has 0 bridgehead atoms. The zero-order chi connectivity index (χ0) is 16.0. The number of hydrogen-bond acceptors (Lipinski definition) is 3. The summed E-state index contributed by atoms with van der Waals surface area (Å²) in [7, 11) is -3.37. The van der Waals surface area contributed by atoms with Crippen LogP contribution in [0.1, 0.15) is 36.8 Å². The van der Waals surface area contributed by atoms with Crippen LogP contribution in [0.4, 0.5) is 0 Å². The number of hydrogen-bond donors (Lipinski definition) is 1. The van der Waals surface area contributed by atoms with Crippen molar-refractivity contribution in [3.8, 4) is 5.75 Å². The van der Waals surface area contributed by atoms with Crippen molar-refractivity contribution in [2.75, 3.05) is 26.2 Å². The number of rotatable bonds is 6. The molecule has 0 spiro atoms. The minimum atomic E-state index is -3.37. The number of nitrogens with zero attached hydrogens (tertiary/aromatic N) is 1. The van der Waals surface area contributed by atoms with Gasteiger partial charge in [0.15, 0.2) is 0 Å². The summed E-state index contributed by atoms with van der Waals surface area (Å²) >= 11 is 0. The first-order chi connectivity index (χ1) is 10.5. The molecule has 1 aliphatic heterocycles. The zero-order valence-corrected chi connectivity index (χ0v) is 14.3. The number of benzene rings is 1. The van der Waals surface area contributed by atoms with Gasteiger partial charge in [-0.05, 0) is 38.3 Å². The van der Waals surface area contributed by atoms with Crippen LogP contribution < -0.4 is 9.46 Å². The van der Waals surface area contributed by atoms with Crippen molar-refractivity contribution in [2.45, 2.75) is 39.5 Å². The van der Waals surface area contributed by atoms with Crippen molar-refractivity contribution < 1.29 is 13.2 Å². The van der Waals surface area contributed by atoms with E-state index in [0.717, 1.165) is 37.0 Å². The Morgan fingerprint density at radius 3 is 2.45 bits per heavy atom. The summed E-state index contributed by atoms with van der Waals surface area (Å²) < 4.78 is 34.3. The predicted molar refractivity (Wildman–Crippen MR) is 88.4 cm³/mol. The van der Waals surface area contributed by atoms with Crippen LogP contribution in [0, 0.1) is 13.8 Å². The molecule has 0 saturated carbocycles. The van der Waals surface area contributed by atoms with E-state index in [1.807, 2.05) is 26.0 Å². The van der Waals surface area contributed by atoms with Crippen molar-refractivity contribution in [3.05, 3.63) is 29.3 Å². The minimum absolute atomic E-state index is 0.284. The maximum absolute atomic E-state index is 12.2. The Morgan fingerprint density at radius 1 is 1.14 bits per heavy atom. The molecule has 1 fully saturated rings. The maximum Gasteiger partial charge on any atom is 0.279 e. The third-order valence-corrected chi connectivity index (χ3v) is 5.49. The van der Waals surface area contributed by atoms with Gasteiger partial charge in [-0.1, -0.05) is 30.5 Å². The highest BCUT2D eigenvalue weighted by Gasteiger charge is 2.22. The average molecular weight is 326 g/mol. The zero-order valence-electron chi connectivity index (χ0n) is 13.5. The molecule has 6 heteroatoms. The van der Waals surface area contributed by atoms with Gasteiger partial charge in [0.2, 0.25) is 0 Å². The third-order valence-electron chi connectivity index (χ3n) is 3.88. The van der Waals surface area contributed by atoms with E-state index in [-0.39, 0.29) is 6.54 Å². The molecule has 5 nitrogen and oxygen atoms in total. The monoisotopic (exact) mass is 326 g/mol.